The van der Waals surface area contributed by atoms with Crippen LogP contribution in [-0.4, -0.2) is 24.4 Å². The maximum absolute atomic E-state index is 13.9. The Kier molecular flexibility index (Phi) is 4.19. The van der Waals surface area contributed by atoms with Crippen LogP contribution in [0.1, 0.15) is 37.8 Å². The van der Waals surface area contributed by atoms with E-state index in [1.807, 2.05) is 20.0 Å². The molecule has 1 aromatic carbocycles. The molecule has 1 aromatic rings. The Balaban J connectivity index is 2.10. The van der Waals surface area contributed by atoms with E-state index in [-0.39, 0.29) is 23.7 Å². The topological polar surface area (TPSA) is 41.5 Å². The molecule has 1 aliphatic carbocycles. The molecule has 0 bridgehead atoms. The molecule has 0 aliphatic heterocycles. The Morgan fingerprint density at radius 3 is 2.78 bits per heavy atom. The van der Waals surface area contributed by atoms with Crippen molar-refractivity contribution < 1.29 is 14.2 Å². The zero-order chi connectivity index (χ0) is 13.1. The van der Waals surface area contributed by atoms with Gasteiger partial charge in [0.1, 0.15) is 6.10 Å². The molecule has 100 valence electrons. The van der Waals surface area contributed by atoms with E-state index in [9.17, 15) is 9.50 Å². The fraction of sp³-hybridized carbons (Fsp3) is 0.571. The van der Waals surface area contributed by atoms with E-state index in [0.717, 1.165) is 24.8 Å². The van der Waals surface area contributed by atoms with Gasteiger partial charge in [-0.3, -0.25) is 0 Å². The Labute approximate surface area is 107 Å². The van der Waals surface area contributed by atoms with Crippen LogP contribution < -0.4 is 10.1 Å². The van der Waals surface area contributed by atoms with Crippen LogP contribution in [0.4, 0.5) is 4.39 Å². The van der Waals surface area contributed by atoms with E-state index in [4.69, 9.17) is 4.74 Å². The predicted molar refractivity (Wildman–Crippen MR) is 68.1 cm³/mol. The van der Waals surface area contributed by atoms with Gasteiger partial charge in [-0.25, -0.2) is 4.39 Å². The summed E-state index contributed by atoms with van der Waals surface area (Å²) in [4.78, 5) is 0. The third-order valence-electron chi connectivity index (χ3n) is 3.58. The maximum atomic E-state index is 13.9. The third-order valence-corrected chi connectivity index (χ3v) is 3.58. The van der Waals surface area contributed by atoms with E-state index in [0.29, 0.717) is 0 Å². The van der Waals surface area contributed by atoms with E-state index in [1.54, 1.807) is 6.07 Å². The minimum absolute atomic E-state index is 0.102. The van der Waals surface area contributed by atoms with E-state index in [2.05, 4.69) is 5.32 Å². The molecule has 3 unspecified atom stereocenters. The maximum Gasteiger partial charge on any atom is 0.165 e. The molecule has 1 aliphatic rings. The summed E-state index contributed by atoms with van der Waals surface area (Å²) < 4.78 is 19.4. The van der Waals surface area contributed by atoms with Gasteiger partial charge in [0.15, 0.2) is 11.6 Å². The second kappa shape index (κ2) is 5.67. The van der Waals surface area contributed by atoms with Crippen molar-refractivity contribution in [1.82, 2.24) is 5.32 Å². The highest BCUT2D eigenvalue weighted by atomic mass is 19.1. The molecule has 0 amide bonds. The van der Waals surface area contributed by atoms with Gasteiger partial charge < -0.3 is 15.2 Å². The van der Waals surface area contributed by atoms with Gasteiger partial charge in [0.2, 0.25) is 0 Å². The molecule has 3 nitrogen and oxygen atoms in total. The third kappa shape index (κ3) is 2.82. The number of ether oxygens (including phenoxy) is 1. The second-order valence-electron chi connectivity index (χ2n) is 4.85. The normalized spacial score (nSPS) is 25.1. The molecular formula is C14H20FNO2. The van der Waals surface area contributed by atoms with Crippen molar-refractivity contribution in [2.75, 3.05) is 7.05 Å². The Bertz CT molecular complexity index is 411. The molecule has 1 fully saturated rings. The fourth-order valence-electron chi connectivity index (χ4n) is 2.26. The molecule has 1 saturated carbocycles. The van der Waals surface area contributed by atoms with Crippen molar-refractivity contribution in [3.63, 3.8) is 0 Å². The lowest BCUT2D eigenvalue weighted by atomic mass is 10.1. The van der Waals surface area contributed by atoms with Crippen LogP contribution in [-0.2, 0) is 0 Å². The standard InChI is InChI=1S/C14H20FNO2/c1-9(16-2)10-6-7-13(11(15)8-10)18-14-5-3-4-12(14)17/h6-9,12,14,16-17H,3-5H2,1-2H3. The Hall–Kier alpha value is -1.13. The van der Waals surface area contributed by atoms with Gasteiger partial charge in [0.05, 0.1) is 6.10 Å². The molecule has 0 saturated heterocycles. The second-order valence-corrected chi connectivity index (χ2v) is 4.85. The van der Waals surface area contributed by atoms with Gasteiger partial charge in [-0.05, 0) is 50.9 Å². The van der Waals surface area contributed by atoms with E-state index >= 15 is 0 Å². The van der Waals surface area contributed by atoms with Gasteiger partial charge in [-0.1, -0.05) is 6.07 Å². The average molecular weight is 253 g/mol. The lowest BCUT2D eigenvalue weighted by molar-refractivity contribution is 0.0578. The van der Waals surface area contributed by atoms with Gasteiger partial charge in [0, 0.05) is 6.04 Å². The Morgan fingerprint density at radius 2 is 2.22 bits per heavy atom. The summed E-state index contributed by atoms with van der Waals surface area (Å²) in [6.07, 6.45) is 1.71. The first kappa shape index (κ1) is 13.3. The summed E-state index contributed by atoms with van der Waals surface area (Å²) in [5.41, 5.74) is 0.884. The minimum Gasteiger partial charge on any atom is -0.485 e. The van der Waals surface area contributed by atoms with Gasteiger partial charge in [-0.15, -0.1) is 0 Å². The smallest absolute Gasteiger partial charge is 0.165 e. The van der Waals surface area contributed by atoms with Crippen LogP contribution in [0.15, 0.2) is 18.2 Å². The molecule has 3 atom stereocenters. The molecule has 2 rings (SSSR count). The highest BCUT2D eigenvalue weighted by molar-refractivity contribution is 5.31. The summed E-state index contributed by atoms with van der Waals surface area (Å²) in [6, 6.07) is 5.08. The Morgan fingerprint density at radius 1 is 1.44 bits per heavy atom. The number of nitrogens with one attached hydrogen (secondary N) is 1. The van der Waals surface area contributed by atoms with Crippen molar-refractivity contribution in [1.29, 1.82) is 0 Å². The molecular weight excluding hydrogens is 233 g/mol. The average Bonchev–Trinajstić information content (AvgIpc) is 2.76. The number of hydrogen-bond donors (Lipinski definition) is 2. The lowest BCUT2D eigenvalue weighted by Crippen LogP contribution is -2.26. The summed E-state index contributed by atoms with van der Waals surface area (Å²) in [5.74, 6) is -0.137. The molecule has 2 N–H and O–H groups in total. The van der Waals surface area contributed by atoms with Crippen LogP contribution in [0.3, 0.4) is 0 Å². The summed E-state index contributed by atoms with van der Waals surface area (Å²) in [7, 11) is 1.84. The highest BCUT2D eigenvalue weighted by Crippen LogP contribution is 2.28. The largest absolute Gasteiger partial charge is 0.485 e. The first-order valence-electron chi connectivity index (χ1n) is 6.43. The van der Waals surface area contributed by atoms with Crippen molar-refractivity contribution >= 4 is 0 Å². The van der Waals surface area contributed by atoms with Crippen LogP contribution in [0, 0.1) is 5.82 Å². The molecule has 0 radical (unpaired) electrons. The fourth-order valence-corrected chi connectivity index (χ4v) is 2.26. The van der Waals surface area contributed by atoms with Crippen molar-refractivity contribution in [2.45, 2.75) is 44.4 Å². The summed E-state index contributed by atoms with van der Waals surface area (Å²) >= 11 is 0. The summed E-state index contributed by atoms with van der Waals surface area (Å²) in [5, 5.41) is 12.7. The number of rotatable bonds is 4. The molecule has 0 heterocycles. The van der Waals surface area contributed by atoms with Crippen LogP contribution in [0.5, 0.6) is 5.75 Å². The lowest BCUT2D eigenvalue weighted by Gasteiger charge is -2.18. The van der Waals surface area contributed by atoms with Gasteiger partial charge >= 0.3 is 0 Å². The van der Waals surface area contributed by atoms with Crippen molar-refractivity contribution in [2.24, 2.45) is 0 Å². The quantitative estimate of drug-likeness (QED) is 0.865. The van der Waals surface area contributed by atoms with E-state index < -0.39 is 6.10 Å². The first-order chi connectivity index (χ1) is 8.61. The highest BCUT2D eigenvalue weighted by Gasteiger charge is 2.27. The number of aliphatic hydroxyl groups excluding tert-OH is 1. The van der Waals surface area contributed by atoms with Gasteiger partial charge in [0.25, 0.3) is 0 Å². The predicted octanol–water partition coefficient (Wildman–Crippen LogP) is 2.40. The first-order valence-corrected chi connectivity index (χ1v) is 6.43. The van der Waals surface area contributed by atoms with Crippen LogP contribution in [0.2, 0.25) is 0 Å². The number of hydrogen-bond acceptors (Lipinski definition) is 3. The molecule has 18 heavy (non-hydrogen) atoms. The molecule has 0 aromatic heterocycles. The van der Waals surface area contributed by atoms with Crippen molar-refractivity contribution in [3.8, 4) is 5.75 Å². The molecule has 4 heteroatoms. The molecule has 0 spiro atoms. The zero-order valence-electron chi connectivity index (χ0n) is 10.8. The number of aliphatic hydroxyl groups is 1. The minimum atomic E-state index is -0.472. The zero-order valence-corrected chi connectivity index (χ0v) is 10.8. The van der Waals surface area contributed by atoms with Crippen LogP contribution in [0.25, 0.3) is 0 Å². The van der Waals surface area contributed by atoms with Crippen LogP contribution >= 0.6 is 0 Å². The van der Waals surface area contributed by atoms with Crippen molar-refractivity contribution in [3.05, 3.63) is 29.6 Å². The number of benzene rings is 1. The van der Waals surface area contributed by atoms with E-state index in [1.165, 1.54) is 6.07 Å². The van der Waals surface area contributed by atoms with Gasteiger partial charge in [-0.2, -0.15) is 0 Å². The number of halogens is 1. The SMILES string of the molecule is CNC(C)c1ccc(OC2CCCC2O)c(F)c1. The monoisotopic (exact) mass is 253 g/mol. The summed E-state index contributed by atoms with van der Waals surface area (Å²) in [6.45, 7) is 1.97.